The van der Waals surface area contributed by atoms with Crippen molar-refractivity contribution in [3.63, 3.8) is 0 Å². The Morgan fingerprint density at radius 3 is 2.53 bits per heavy atom. The zero-order valence-corrected chi connectivity index (χ0v) is 12.2. The summed E-state index contributed by atoms with van der Waals surface area (Å²) in [7, 11) is 0. The highest BCUT2D eigenvalue weighted by atomic mass is 16.2. The van der Waals surface area contributed by atoms with Crippen molar-refractivity contribution in [2.45, 2.75) is 83.3 Å². The first-order chi connectivity index (χ1) is 9.13. The van der Waals surface area contributed by atoms with Crippen LogP contribution in [-0.2, 0) is 9.59 Å². The van der Waals surface area contributed by atoms with E-state index < -0.39 is 0 Å². The number of rotatable bonds is 3. The van der Waals surface area contributed by atoms with E-state index in [1.165, 1.54) is 19.3 Å². The van der Waals surface area contributed by atoms with Crippen molar-refractivity contribution in [2.75, 3.05) is 0 Å². The van der Waals surface area contributed by atoms with E-state index >= 15 is 0 Å². The number of nitrogens with one attached hydrogen (secondary N) is 1. The maximum atomic E-state index is 12.7. The Labute approximate surface area is 115 Å². The molecule has 0 aromatic rings. The SMILES string of the molecule is CCCC1NC(=O)CC(C)N(C2CCCCC2)C1=O. The molecule has 2 rings (SSSR count). The maximum absolute atomic E-state index is 12.7. The Balaban J connectivity index is 2.16. The Morgan fingerprint density at radius 1 is 1.21 bits per heavy atom. The molecule has 0 aromatic heterocycles. The van der Waals surface area contributed by atoms with Gasteiger partial charge in [0.15, 0.2) is 0 Å². The van der Waals surface area contributed by atoms with E-state index in [0.717, 1.165) is 25.7 Å². The number of hydrogen-bond donors (Lipinski definition) is 1. The molecule has 1 N–H and O–H groups in total. The molecule has 2 unspecified atom stereocenters. The highest BCUT2D eigenvalue weighted by Gasteiger charge is 2.37. The van der Waals surface area contributed by atoms with Crippen LogP contribution in [0.1, 0.15) is 65.2 Å². The third-order valence-corrected chi connectivity index (χ3v) is 4.39. The van der Waals surface area contributed by atoms with Gasteiger partial charge in [-0.15, -0.1) is 0 Å². The Bertz CT molecular complexity index is 337. The van der Waals surface area contributed by atoms with Crippen molar-refractivity contribution >= 4 is 11.8 Å². The number of amides is 2. The maximum Gasteiger partial charge on any atom is 0.245 e. The van der Waals surface area contributed by atoms with E-state index in [1.807, 2.05) is 11.8 Å². The molecule has 2 atom stereocenters. The molecule has 19 heavy (non-hydrogen) atoms. The topological polar surface area (TPSA) is 49.4 Å². The average Bonchev–Trinajstić information content (AvgIpc) is 2.48. The van der Waals surface area contributed by atoms with Crippen LogP contribution in [0, 0.1) is 0 Å². The summed E-state index contributed by atoms with van der Waals surface area (Å²) in [6.07, 6.45) is 8.02. The second kappa shape index (κ2) is 6.40. The summed E-state index contributed by atoms with van der Waals surface area (Å²) in [5.74, 6) is 0.171. The van der Waals surface area contributed by atoms with Crippen molar-refractivity contribution in [3.05, 3.63) is 0 Å². The second-order valence-corrected chi connectivity index (χ2v) is 6.00. The van der Waals surface area contributed by atoms with Gasteiger partial charge in [-0.25, -0.2) is 0 Å². The molecule has 1 aliphatic heterocycles. The van der Waals surface area contributed by atoms with Gasteiger partial charge in [0.2, 0.25) is 11.8 Å². The van der Waals surface area contributed by atoms with Crippen LogP contribution in [0.4, 0.5) is 0 Å². The van der Waals surface area contributed by atoms with Gasteiger partial charge in [-0.3, -0.25) is 9.59 Å². The normalized spacial score (nSPS) is 30.1. The van der Waals surface area contributed by atoms with Crippen LogP contribution >= 0.6 is 0 Å². The molecular formula is C15H26N2O2. The molecule has 2 aliphatic rings. The predicted molar refractivity (Wildman–Crippen MR) is 74.6 cm³/mol. The minimum atomic E-state index is -0.302. The van der Waals surface area contributed by atoms with E-state index in [1.54, 1.807) is 0 Å². The molecule has 0 radical (unpaired) electrons. The van der Waals surface area contributed by atoms with Gasteiger partial charge in [0.1, 0.15) is 6.04 Å². The lowest BCUT2D eigenvalue weighted by molar-refractivity contribution is -0.138. The number of hydrogen-bond acceptors (Lipinski definition) is 2. The van der Waals surface area contributed by atoms with E-state index in [9.17, 15) is 9.59 Å². The Hall–Kier alpha value is -1.06. The van der Waals surface area contributed by atoms with Crippen molar-refractivity contribution in [2.24, 2.45) is 0 Å². The summed E-state index contributed by atoms with van der Waals surface area (Å²) < 4.78 is 0. The van der Waals surface area contributed by atoms with Crippen molar-refractivity contribution in [1.29, 1.82) is 0 Å². The third-order valence-electron chi connectivity index (χ3n) is 4.39. The fourth-order valence-corrected chi connectivity index (χ4v) is 3.46. The number of carbonyl (C=O) groups is 2. The minimum absolute atomic E-state index is 0.0256. The van der Waals surface area contributed by atoms with Crippen LogP contribution in [0.25, 0.3) is 0 Å². The molecule has 4 nitrogen and oxygen atoms in total. The highest BCUT2D eigenvalue weighted by molar-refractivity contribution is 5.90. The van der Waals surface area contributed by atoms with E-state index in [4.69, 9.17) is 0 Å². The van der Waals surface area contributed by atoms with Gasteiger partial charge in [0, 0.05) is 18.5 Å². The van der Waals surface area contributed by atoms with Crippen LogP contribution in [0.3, 0.4) is 0 Å². The smallest absolute Gasteiger partial charge is 0.245 e. The van der Waals surface area contributed by atoms with Gasteiger partial charge < -0.3 is 10.2 Å². The van der Waals surface area contributed by atoms with E-state index in [-0.39, 0.29) is 23.9 Å². The van der Waals surface area contributed by atoms with Gasteiger partial charge in [-0.2, -0.15) is 0 Å². The summed E-state index contributed by atoms with van der Waals surface area (Å²) in [5, 5.41) is 2.90. The standard InChI is InChI=1S/C15H26N2O2/c1-3-7-13-15(19)17(11(2)10-14(18)16-13)12-8-5-4-6-9-12/h11-13H,3-10H2,1-2H3,(H,16,18). The molecule has 2 fully saturated rings. The molecule has 0 aromatic carbocycles. The second-order valence-electron chi connectivity index (χ2n) is 6.00. The van der Waals surface area contributed by atoms with Crippen LogP contribution in [0.2, 0.25) is 0 Å². The molecule has 108 valence electrons. The van der Waals surface area contributed by atoms with Gasteiger partial charge in [-0.05, 0) is 26.2 Å². The lowest BCUT2D eigenvalue weighted by Crippen LogP contribution is -2.51. The largest absolute Gasteiger partial charge is 0.344 e. The summed E-state index contributed by atoms with van der Waals surface area (Å²) in [5.41, 5.74) is 0. The minimum Gasteiger partial charge on any atom is -0.344 e. The highest BCUT2D eigenvalue weighted by Crippen LogP contribution is 2.27. The number of nitrogens with zero attached hydrogens (tertiary/aromatic N) is 1. The molecule has 0 spiro atoms. The van der Waals surface area contributed by atoms with Crippen LogP contribution in [-0.4, -0.2) is 34.8 Å². The van der Waals surface area contributed by atoms with Crippen molar-refractivity contribution < 1.29 is 9.59 Å². The molecule has 1 saturated heterocycles. The molecule has 1 heterocycles. The predicted octanol–water partition coefficient (Wildman–Crippen LogP) is 2.22. The van der Waals surface area contributed by atoms with Gasteiger partial charge >= 0.3 is 0 Å². The average molecular weight is 266 g/mol. The monoisotopic (exact) mass is 266 g/mol. The molecular weight excluding hydrogens is 240 g/mol. The fourth-order valence-electron chi connectivity index (χ4n) is 3.46. The van der Waals surface area contributed by atoms with E-state index in [2.05, 4.69) is 12.2 Å². The summed E-state index contributed by atoms with van der Waals surface area (Å²) in [6.45, 7) is 4.07. The molecule has 2 amide bonds. The van der Waals surface area contributed by atoms with Crippen LogP contribution < -0.4 is 5.32 Å². The van der Waals surface area contributed by atoms with Gasteiger partial charge in [-0.1, -0.05) is 32.6 Å². The zero-order valence-electron chi connectivity index (χ0n) is 12.2. The first-order valence-electron chi connectivity index (χ1n) is 7.75. The quantitative estimate of drug-likeness (QED) is 0.851. The lowest BCUT2D eigenvalue weighted by atomic mass is 9.92. The summed E-state index contributed by atoms with van der Waals surface area (Å²) >= 11 is 0. The van der Waals surface area contributed by atoms with Crippen LogP contribution in [0.15, 0.2) is 0 Å². The first kappa shape index (κ1) is 14.4. The van der Waals surface area contributed by atoms with Crippen molar-refractivity contribution in [3.8, 4) is 0 Å². The molecule has 0 bridgehead atoms. The van der Waals surface area contributed by atoms with E-state index in [0.29, 0.717) is 12.5 Å². The zero-order chi connectivity index (χ0) is 13.8. The number of carbonyl (C=O) groups excluding carboxylic acids is 2. The molecule has 4 heteroatoms. The third kappa shape index (κ3) is 3.28. The van der Waals surface area contributed by atoms with Gasteiger partial charge in [0.25, 0.3) is 0 Å². The van der Waals surface area contributed by atoms with Gasteiger partial charge in [0.05, 0.1) is 0 Å². The fraction of sp³-hybridized carbons (Fsp3) is 0.867. The lowest BCUT2D eigenvalue weighted by Gasteiger charge is -2.38. The van der Waals surface area contributed by atoms with Crippen LogP contribution in [0.5, 0.6) is 0 Å². The summed E-state index contributed by atoms with van der Waals surface area (Å²) in [6, 6.07) is 0.0881. The first-order valence-corrected chi connectivity index (χ1v) is 7.75. The molecule has 1 saturated carbocycles. The summed E-state index contributed by atoms with van der Waals surface area (Å²) in [4.78, 5) is 26.6. The molecule has 1 aliphatic carbocycles. The van der Waals surface area contributed by atoms with Crippen molar-refractivity contribution in [1.82, 2.24) is 10.2 Å². The Morgan fingerprint density at radius 2 is 1.89 bits per heavy atom. The Kier molecular flexibility index (Phi) is 4.83.